The normalized spacial score (nSPS) is 11.3. The Balaban J connectivity index is 2.25. The molecule has 18 heavy (non-hydrogen) atoms. The average molecular weight is 258 g/mol. The van der Waals surface area contributed by atoms with Gasteiger partial charge in [0.15, 0.2) is 5.58 Å². The maximum atomic E-state index is 5.88. The summed E-state index contributed by atoms with van der Waals surface area (Å²) in [6, 6.07) is 6.10. The minimum atomic E-state index is 0.665. The fourth-order valence-corrected chi connectivity index (χ4v) is 3.06. The Morgan fingerprint density at radius 2 is 1.89 bits per heavy atom. The first-order chi connectivity index (χ1) is 8.54. The lowest BCUT2D eigenvalue weighted by Crippen LogP contribution is -1.78. The SMILES string of the molecule is Cc1cc(C)c2oc(-c3sc(N)cc3C)nc2c1. The number of nitrogen functional groups attached to an aromatic ring is 1. The number of aromatic nitrogens is 1. The molecular weight excluding hydrogens is 244 g/mol. The predicted octanol–water partition coefficient (Wildman–Crippen LogP) is 4.06. The Hall–Kier alpha value is -1.81. The monoisotopic (exact) mass is 258 g/mol. The largest absolute Gasteiger partial charge is 0.435 e. The molecule has 0 unspecified atom stereocenters. The van der Waals surface area contributed by atoms with Gasteiger partial charge in [0.25, 0.3) is 0 Å². The standard InChI is InChI=1S/C14H14N2OS/c1-7-4-8(2)12-10(5-7)16-14(17-12)13-9(3)6-11(15)18-13/h4-6H,15H2,1-3H3. The third-order valence-corrected chi connectivity index (χ3v) is 4.01. The van der Waals surface area contributed by atoms with Crippen LogP contribution in [0.3, 0.4) is 0 Å². The number of nitrogens with two attached hydrogens (primary N) is 1. The molecule has 0 amide bonds. The quantitative estimate of drug-likeness (QED) is 0.716. The van der Waals surface area contributed by atoms with Crippen LogP contribution in [0.1, 0.15) is 16.7 Å². The molecule has 0 atom stereocenters. The van der Waals surface area contributed by atoms with E-state index in [2.05, 4.69) is 18.0 Å². The van der Waals surface area contributed by atoms with Gasteiger partial charge in [-0.25, -0.2) is 4.98 Å². The molecule has 2 heterocycles. The second kappa shape index (κ2) is 3.85. The van der Waals surface area contributed by atoms with Crippen LogP contribution in [0.15, 0.2) is 22.6 Å². The second-order valence-electron chi connectivity index (χ2n) is 4.61. The van der Waals surface area contributed by atoms with Crippen LogP contribution in [-0.4, -0.2) is 4.98 Å². The number of benzene rings is 1. The number of hydrogen-bond acceptors (Lipinski definition) is 4. The lowest BCUT2D eigenvalue weighted by atomic mass is 10.1. The molecule has 0 spiro atoms. The first-order valence-electron chi connectivity index (χ1n) is 5.78. The number of oxazole rings is 1. The Kier molecular flexibility index (Phi) is 2.41. The van der Waals surface area contributed by atoms with Crippen molar-refractivity contribution in [3.05, 3.63) is 34.9 Å². The molecule has 3 aromatic rings. The van der Waals surface area contributed by atoms with Crippen molar-refractivity contribution in [3.63, 3.8) is 0 Å². The summed E-state index contributed by atoms with van der Waals surface area (Å²) < 4.78 is 5.88. The van der Waals surface area contributed by atoms with Crippen LogP contribution >= 0.6 is 11.3 Å². The minimum absolute atomic E-state index is 0.665. The molecule has 0 radical (unpaired) electrons. The van der Waals surface area contributed by atoms with Crippen LogP contribution in [0, 0.1) is 20.8 Å². The van der Waals surface area contributed by atoms with Crippen LogP contribution in [0.2, 0.25) is 0 Å². The maximum absolute atomic E-state index is 5.88. The molecule has 0 bridgehead atoms. The van der Waals surface area contributed by atoms with Gasteiger partial charge < -0.3 is 10.2 Å². The molecule has 4 heteroatoms. The molecule has 0 saturated heterocycles. The second-order valence-corrected chi connectivity index (χ2v) is 5.69. The average Bonchev–Trinajstić information content (AvgIpc) is 2.81. The molecule has 0 aliphatic heterocycles. The van der Waals surface area contributed by atoms with E-state index >= 15 is 0 Å². The van der Waals surface area contributed by atoms with E-state index in [1.807, 2.05) is 26.0 Å². The molecule has 92 valence electrons. The zero-order valence-electron chi connectivity index (χ0n) is 10.6. The van der Waals surface area contributed by atoms with E-state index in [-0.39, 0.29) is 0 Å². The number of aryl methyl sites for hydroxylation is 3. The molecule has 3 rings (SSSR count). The summed E-state index contributed by atoms with van der Waals surface area (Å²) in [4.78, 5) is 5.58. The zero-order chi connectivity index (χ0) is 12.9. The summed E-state index contributed by atoms with van der Waals surface area (Å²) in [5, 5.41) is 0.789. The first-order valence-corrected chi connectivity index (χ1v) is 6.60. The van der Waals surface area contributed by atoms with Crippen LogP contribution in [0.25, 0.3) is 21.9 Å². The van der Waals surface area contributed by atoms with Crippen LogP contribution in [0.4, 0.5) is 5.00 Å². The summed E-state index contributed by atoms with van der Waals surface area (Å²) in [5.74, 6) is 0.665. The first kappa shape index (κ1) is 11.3. The van der Waals surface area contributed by atoms with E-state index in [1.165, 1.54) is 16.9 Å². The molecule has 0 aliphatic carbocycles. The number of anilines is 1. The van der Waals surface area contributed by atoms with E-state index in [1.54, 1.807) is 0 Å². The van der Waals surface area contributed by atoms with Crippen LogP contribution < -0.4 is 5.73 Å². The number of hydrogen-bond donors (Lipinski definition) is 1. The van der Waals surface area contributed by atoms with Gasteiger partial charge in [-0.3, -0.25) is 0 Å². The molecule has 2 N–H and O–H groups in total. The van der Waals surface area contributed by atoms with Crippen molar-refractivity contribution >= 4 is 27.4 Å². The number of fused-ring (bicyclic) bond motifs is 1. The predicted molar refractivity (Wildman–Crippen MR) is 75.9 cm³/mol. The van der Waals surface area contributed by atoms with Crippen molar-refractivity contribution in [2.75, 3.05) is 5.73 Å². The summed E-state index contributed by atoms with van der Waals surface area (Å²) in [5.41, 5.74) is 11.0. The summed E-state index contributed by atoms with van der Waals surface area (Å²) in [6.45, 7) is 6.13. The molecular formula is C14H14N2OS. The molecule has 0 saturated carbocycles. The summed E-state index contributed by atoms with van der Waals surface area (Å²) >= 11 is 1.51. The van der Waals surface area contributed by atoms with Crippen LogP contribution in [0.5, 0.6) is 0 Å². The molecule has 3 nitrogen and oxygen atoms in total. The van der Waals surface area contributed by atoms with E-state index < -0.39 is 0 Å². The Labute approximate surface area is 109 Å². The summed E-state index contributed by atoms with van der Waals surface area (Å²) in [6.07, 6.45) is 0. The highest BCUT2D eigenvalue weighted by molar-refractivity contribution is 7.19. The van der Waals surface area contributed by atoms with Gasteiger partial charge in [-0.1, -0.05) is 6.07 Å². The van der Waals surface area contributed by atoms with Crippen LogP contribution in [-0.2, 0) is 0 Å². The minimum Gasteiger partial charge on any atom is -0.435 e. The number of rotatable bonds is 1. The van der Waals surface area contributed by atoms with Gasteiger partial charge in [0.1, 0.15) is 5.52 Å². The van der Waals surface area contributed by atoms with Crippen molar-refractivity contribution in [1.82, 2.24) is 4.98 Å². The zero-order valence-corrected chi connectivity index (χ0v) is 11.4. The van der Waals surface area contributed by atoms with Gasteiger partial charge >= 0.3 is 0 Å². The topological polar surface area (TPSA) is 52.0 Å². The highest BCUT2D eigenvalue weighted by atomic mass is 32.1. The lowest BCUT2D eigenvalue weighted by Gasteiger charge is -1.95. The van der Waals surface area contributed by atoms with Gasteiger partial charge in [-0.05, 0) is 49.6 Å². The smallest absolute Gasteiger partial charge is 0.237 e. The Morgan fingerprint density at radius 1 is 1.11 bits per heavy atom. The fourth-order valence-electron chi connectivity index (χ4n) is 2.19. The highest BCUT2D eigenvalue weighted by Gasteiger charge is 2.14. The van der Waals surface area contributed by atoms with E-state index in [4.69, 9.17) is 10.2 Å². The van der Waals surface area contributed by atoms with Crippen molar-refractivity contribution in [2.24, 2.45) is 0 Å². The van der Waals surface area contributed by atoms with E-state index in [0.29, 0.717) is 5.89 Å². The third-order valence-electron chi connectivity index (χ3n) is 2.95. The van der Waals surface area contributed by atoms with Gasteiger partial charge in [-0.15, -0.1) is 11.3 Å². The molecule has 0 fully saturated rings. The van der Waals surface area contributed by atoms with Crippen molar-refractivity contribution < 1.29 is 4.42 Å². The van der Waals surface area contributed by atoms with Gasteiger partial charge in [0, 0.05) is 0 Å². The Bertz CT molecular complexity index is 740. The van der Waals surface area contributed by atoms with Crippen molar-refractivity contribution in [1.29, 1.82) is 0 Å². The molecule has 1 aromatic carbocycles. The molecule has 0 aliphatic rings. The fraction of sp³-hybridized carbons (Fsp3) is 0.214. The lowest BCUT2D eigenvalue weighted by molar-refractivity contribution is 0.618. The van der Waals surface area contributed by atoms with Crippen molar-refractivity contribution in [3.8, 4) is 10.8 Å². The third kappa shape index (κ3) is 1.69. The van der Waals surface area contributed by atoms with Crippen molar-refractivity contribution in [2.45, 2.75) is 20.8 Å². The highest BCUT2D eigenvalue weighted by Crippen LogP contribution is 2.35. The van der Waals surface area contributed by atoms with Gasteiger partial charge in [0.2, 0.25) is 5.89 Å². The van der Waals surface area contributed by atoms with E-state index in [0.717, 1.165) is 32.1 Å². The Morgan fingerprint density at radius 3 is 2.56 bits per heavy atom. The maximum Gasteiger partial charge on any atom is 0.237 e. The summed E-state index contributed by atoms with van der Waals surface area (Å²) in [7, 11) is 0. The van der Waals surface area contributed by atoms with Gasteiger partial charge in [0.05, 0.1) is 9.88 Å². The van der Waals surface area contributed by atoms with Gasteiger partial charge in [-0.2, -0.15) is 0 Å². The van der Waals surface area contributed by atoms with E-state index in [9.17, 15) is 0 Å². The number of thiophene rings is 1. The molecule has 2 aromatic heterocycles. The number of nitrogens with zero attached hydrogens (tertiary/aromatic N) is 1.